The largest absolute Gasteiger partial charge is 0.486 e. The number of nitrogens with one attached hydrogen (secondary N) is 1. The molecule has 2 atom stereocenters. The van der Waals surface area contributed by atoms with E-state index in [1.54, 1.807) is 0 Å². The van der Waals surface area contributed by atoms with Crippen LogP contribution in [0.4, 0.5) is 0 Å². The van der Waals surface area contributed by atoms with Gasteiger partial charge in [-0.3, -0.25) is 0 Å². The Labute approximate surface area is 108 Å². The van der Waals surface area contributed by atoms with E-state index in [9.17, 15) is 0 Å². The van der Waals surface area contributed by atoms with Gasteiger partial charge in [-0.15, -0.1) is 0 Å². The van der Waals surface area contributed by atoms with Crippen molar-refractivity contribution in [3.63, 3.8) is 0 Å². The number of fused-ring (bicyclic) bond motifs is 1. The Morgan fingerprint density at radius 3 is 2.67 bits per heavy atom. The maximum Gasteiger partial charge on any atom is 0.161 e. The fourth-order valence-electron chi connectivity index (χ4n) is 2.12. The van der Waals surface area contributed by atoms with E-state index in [0.29, 0.717) is 13.2 Å². The maximum absolute atomic E-state index is 9.11. The van der Waals surface area contributed by atoms with E-state index in [1.165, 1.54) is 5.56 Å². The summed E-state index contributed by atoms with van der Waals surface area (Å²) in [5.41, 5.74) is 1.17. The minimum atomic E-state index is 0.0863. The van der Waals surface area contributed by atoms with Gasteiger partial charge in [0.05, 0.1) is 6.61 Å². The molecule has 2 rings (SSSR count). The van der Waals surface area contributed by atoms with Gasteiger partial charge in [-0.25, -0.2) is 0 Å². The first-order chi connectivity index (χ1) is 8.74. The number of ether oxygens (including phenoxy) is 2. The third-order valence-corrected chi connectivity index (χ3v) is 3.14. The van der Waals surface area contributed by atoms with Crippen LogP contribution in [0.3, 0.4) is 0 Å². The molecule has 1 aromatic carbocycles. The molecule has 0 fully saturated rings. The summed E-state index contributed by atoms with van der Waals surface area (Å²) >= 11 is 0. The first-order valence-corrected chi connectivity index (χ1v) is 6.51. The van der Waals surface area contributed by atoms with E-state index < -0.39 is 0 Å². The summed E-state index contributed by atoms with van der Waals surface area (Å²) in [7, 11) is 0. The number of benzene rings is 1. The molecule has 18 heavy (non-hydrogen) atoms. The molecule has 1 aromatic rings. The summed E-state index contributed by atoms with van der Waals surface area (Å²) < 4.78 is 11.1. The maximum atomic E-state index is 9.11. The van der Waals surface area contributed by atoms with Crippen molar-refractivity contribution in [2.75, 3.05) is 19.8 Å². The van der Waals surface area contributed by atoms with Gasteiger partial charge in [-0.2, -0.15) is 0 Å². The molecule has 0 amide bonds. The molecule has 1 heterocycles. The van der Waals surface area contributed by atoms with Crippen molar-refractivity contribution in [1.29, 1.82) is 0 Å². The molecule has 0 spiro atoms. The van der Waals surface area contributed by atoms with Crippen LogP contribution in [0.2, 0.25) is 0 Å². The van der Waals surface area contributed by atoms with Gasteiger partial charge < -0.3 is 19.9 Å². The van der Waals surface area contributed by atoms with Gasteiger partial charge in [0.25, 0.3) is 0 Å². The molecule has 0 radical (unpaired) electrons. The Kier molecular flexibility index (Phi) is 4.44. The minimum absolute atomic E-state index is 0.0863. The van der Waals surface area contributed by atoms with Crippen molar-refractivity contribution >= 4 is 0 Å². The summed E-state index contributed by atoms with van der Waals surface area (Å²) in [4.78, 5) is 0. The summed E-state index contributed by atoms with van der Waals surface area (Å²) in [6.07, 6.45) is 0.962. The minimum Gasteiger partial charge on any atom is -0.486 e. The van der Waals surface area contributed by atoms with Crippen LogP contribution < -0.4 is 14.8 Å². The van der Waals surface area contributed by atoms with E-state index in [1.807, 2.05) is 19.1 Å². The lowest BCUT2D eigenvalue weighted by Gasteiger charge is -2.24. The predicted molar refractivity (Wildman–Crippen MR) is 70.1 cm³/mol. The van der Waals surface area contributed by atoms with Gasteiger partial charge >= 0.3 is 0 Å². The van der Waals surface area contributed by atoms with E-state index in [4.69, 9.17) is 14.6 Å². The molecule has 100 valence electrons. The Hall–Kier alpha value is -1.26. The quantitative estimate of drug-likeness (QED) is 0.839. The van der Waals surface area contributed by atoms with E-state index in [2.05, 4.69) is 18.3 Å². The highest BCUT2D eigenvalue weighted by atomic mass is 16.6. The number of rotatable bonds is 5. The summed E-state index contributed by atoms with van der Waals surface area (Å²) in [5, 5.41) is 12.5. The average molecular weight is 251 g/mol. The van der Waals surface area contributed by atoms with Crippen molar-refractivity contribution in [3.05, 3.63) is 23.8 Å². The molecule has 0 aromatic heterocycles. The van der Waals surface area contributed by atoms with Gasteiger partial charge in [-0.05, 0) is 31.0 Å². The van der Waals surface area contributed by atoms with Crippen molar-refractivity contribution < 1.29 is 14.6 Å². The topological polar surface area (TPSA) is 50.7 Å². The van der Waals surface area contributed by atoms with Crippen LogP contribution in [0.1, 0.15) is 31.9 Å². The zero-order chi connectivity index (χ0) is 13.0. The second kappa shape index (κ2) is 6.07. The molecule has 0 saturated heterocycles. The Balaban J connectivity index is 2.15. The normalized spacial score (nSPS) is 17.3. The molecule has 2 N–H and O–H groups in total. The first kappa shape index (κ1) is 13.2. The van der Waals surface area contributed by atoms with Crippen molar-refractivity contribution in [3.8, 4) is 11.5 Å². The molecule has 1 aliphatic heterocycles. The van der Waals surface area contributed by atoms with E-state index in [-0.39, 0.29) is 18.7 Å². The average Bonchev–Trinajstić information content (AvgIpc) is 2.44. The van der Waals surface area contributed by atoms with Crippen molar-refractivity contribution in [1.82, 2.24) is 5.32 Å². The predicted octanol–water partition coefficient (Wildman–Crippen LogP) is 1.88. The fraction of sp³-hybridized carbons (Fsp3) is 0.571. The van der Waals surface area contributed by atoms with Crippen LogP contribution in [0.15, 0.2) is 18.2 Å². The molecule has 0 bridgehead atoms. The van der Waals surface area contributed by atoms with Crippen molar-refractivity contribution in [2.45, 2.75) is 32.4 Å². The van der Waals surface area contributed by atoms with Crippen LogP contribution >= 0.6 is 0 Å². The zero-order valence-electron chi connectivity index (χ0n) is 11.0. The molecule has 0 aliphatic carbocycles. The third-order valence-electron chi connectivity index (χ3n) is 3.14. The second-order valence-corrected chi connectivity index (χ2v) is 4.61. The third kappa shape index (κ3) is 2.94. The molecular weight excluding hydrogens is 230 g/mol. The number of aliphatic hydroxyl groups excluding tert-OH is 1. The summed E-state index contributed by atoms with van der Waals surface area (Å²) in [5.74, 6) is 1.63. The monoisotopic (exact) mass is 251 g/mol. The Bertz CT molecular complexity index is 395. The lowest BCUT2D eigenvalue weighted by molar-refractivity contribution is 0.171. The van der Waals surface area contributed by atoms with Gasteiger partial charge in [0, 0.05) is 12.1 Å². The van der Waals surface area contributed by atoms with E-state index >= 15 is 0 Å². The van der Waals surface area contributed by atoms with Crippen LogP contribution in [0, 0.1) is 0 Å². The summed E-state index contributed by atoms with van der Waals surface area (Å²) in [6.45, 7) is 5.46. The molecule has 4 nitrogen and oxygen atoms in total. The molecule has 0 saturated carbocycles. The zero-order valence-corrected chi connectivity index (χ0v) is 11.0. The smallest absolute Gasteiger partial charge is 0.161 e. The summed E-state index contributed by atoms with van der Waals surface area (Å²) in [6, 6.07) is 6.35. The van der Waals surface area contributed by atoms with Crippen molar-refractivity contribution in [2.24, 2.45) is 0 Å². The van der Waals surface area contributed by atoms with Crippen LogP contribution in [0.25, 0.3) is 0 Å². The Morgan fingerprint density at radius 1 is 1.28 bits per heavy atom. The number of aliphatic hydroxyl groups is 1. The molecule has 4 heteroatoms. The second-order valence-electron chi connectivity index (χ2n) is 4.61. The van der Waals surface area contributed by atoms with Gasteiger partial charge in [0.15, 0.2) is 11.5 Å². The van der Waals surface area contributed by atoms with Crippen LogP contribution in [-0.2, 0) is 0 Å². The number of hydrogen-bond donors (Lipinski definition) is 2. The standard InChI is InChI=1S/C14H21NO3/c1-3-12(15-10(2)9-16)11-4-5-13-14(8-11)18-7-6-17-13/h4-5,8,10,12,15-16H,3,6-7,9H2,1-2H3/t10-,12?/m1/s1. The lowest BCUT2D eigenvalue weighted by Crippen LogP contribution is -2.33. The van der Waals surface area contributed by atoms with Gasteiger partial charge in [-0.1, -0.05) is 13.0 Å². The van der Waals surface area contributed by atoms with Crippen LogP contribution in [0.5, 0.6) is 11.5 Å². The first-order valence-electron chi connectivity index (χ1n) is 6.51. The highest BCUT2D eigenvalue weighted by Gasteiger charge is 2.17. The van der Waals surface area contributed by atoms with Crippen LogP contribution in [-0.4, -0.2) is 31.0 Å². The van der Waals surface area contributed by atoms with Gasteiger partial charge in [0.1, 0.15) is 13.2 Å². The lowest BCUT2D eigenvalue weighted by atomic mass is 10.0. The molecule has 1 aliphatic rings. The fourth-order valence-corrected chi connectivity index (χ4v) is 2.12. The van der Waals surface area contributed by atoms with Gasteiger partial charge in [0.2, 0.25) is 0 Å². The number of hydrogen-bond acceptors (Lipinski definition) is 4. The highest BCUT2D eigenvalue weighted by molar-refractivity contribution is 5.44. The Morgan fingerprint density at radius 2 is 2.00 bits per heavy atom. The highest BCUT2D eigenvalue weighted by Crippen LogP contribution is 2.33. The van der Waals surface area contributed by atoms with E-state index in [0.717, 1.165) is 17.9 Å². The SMILES string of the molecule is CCC(N[C@H](C)CO)c1ccc2c(c1)OCCO2. The molecule has 1 unspecified atom stereocenters. The molecular formula is C14H21NO3.